The van der Waals surface area contributed by atoms with Crippen LogP contribution in [0.2, 0.25) is 0 Å². The Bertz CT molecular complexity index is 1020. The zero-order chi connectivity index (χ0) is 21.2. The Labute approximate surface area is 177 Å². The van der Waals surface area contributed by atoms with E-state index < -0.39 is 10.0 Å². The van der Waals surface area contributed by atoms with Crippen LogP contribution >= 0.6 is 11.8 Å². The number of rotatable bonds is 6. The van der Waals surface area contributed by atoms with Gasteiger partial charge in [0.05, 0.1) is 16.3 Å². The van der Waals surface area contributed by atoms with Gasteiger partial charge in [0.15, 0.2) is 0 Å². The molecule has 2 aromatic rings. The standard InChI is InChI=1S/C21H27N3O3S2/c1-5-23(6-2)17-7-9-19(15(3)13-17)22-29(26,27)18-8-10-21-20(14-18)24(16(4)25)11-12-28-21/h7-10,13-14,22H,5-6,11-12H2,1-4H3. The molecule has 0 atom stereocenters. The number of carbonyl (C=O) groups excluding carboxylic acids is 1. The molecule has 0 aromatic heterocycles. The molecular formula is C21H27N3O3S2. The largest absolute Gasteiger partial charge is 0.372 e. The van der Waals surface area contributed by atoms with Crippen molar-refractivity contribution in [3.63, 3.8) is 0 Å². The Morgan fingerprint density at radius 2 is 1.90 bits per heavy atom. The average molecular weight is 434 g/mol. The van der Waals surface area contributed by atoms with Crippen molar-refractivity contribution >= 4 is 44.8 Å². The smallest absolute Gasteiger partial charge is 0.261 e. The summed E-state index contributed by atoms with van der Waals surface area (Å²) < 4.78 is 28.7. The molecule has 6 nitrogen and oxygen atoms in total. The zero-order valence-corrected chi connectivity index (χ0v) is 18.9. The van der Waals surface area contributed by atoms with Gasteiger partial charge in [0.1, 0.15) is 0 Å². The van der Waals surface area contributed by atoms with Crippen molar-refractivity contribution in [2.24, 2.45) is 0 Å². The van der Waals surface area contributed by atoms with Gasteiger partial charge < -0.3 is 9.80 Å². The second kappa shape index (κ2) is 8.67. The number of hydrogen-bond acceptors (Lipinski definition) is 5. The van der Waals surface area contributed by atoms with Gasteiger partial charge in [0.2, 0.25) is 5.91 Å². The maximum Gasteiger partial charge on any atom is 0.261 e. The molecule has 0 spiro atoms. The SMILES string of the molecule is CCN(CC)c1ccc(NS(=O)(=O)c2ccc3c(c2)N(C(C)=O)CCS3)c(C)c1. The minimum Gasteiger partial charge on any atom is -0.372 e. The van der Waals surface area contributed by atoms with E-state index in [2.05, 4.69) is 23.5 Å². The van der Waals surface area contributed by atoms with Crippen LogP contribution in [0.5, 0.6) is 0 Å². The Morgan fingerprint density at radius 3 is 2.52 bits per heavy atom. The predicted molar refractivity (Wildman–Crippen MR) is 121 cm³/mol. The first-order valence-corrected chi connectivity index (χ1v) is 12.2. The normalized spacial score (nSPS) is 13.7. The number of amides is 1. The van der Waals surface area contributed by atoms with Crippen molar-refractivity contribution in [1.29, 1.82) is 0 Å². The fraction of sp³-hybridized carbons (Fsp3) is 0.381. The Hall–Kier alpha value is -2.19. The third-order valence-electron chi connectivity index (χ3n) is 5.07. The van der Waals surface area contributed by atoms with Crippen molar-refractivity contribution in [2.45, 2.75) is 37.5 Å². The number of nitrogens with one attached hydrogen (secondary N) is 1. The van der Waals surface area contributed by atoms with Crippen molar-refractivity contribution in [2.75, 3.05) is 39.9 Å². The third-order valence-corrected chi connectivity index (χ3v) is 7.47. The molecule has 0 unspecified atom stereocenters. The summed E-state index contributed by atoms with van der Waals surface area (Å²) in [5.74, 6) is 0.714. The maximum absolute atomic E-state index is 13.0. The highest BCUT2D eigenvalue weighted by Crippen LogP contribution is 2.37. The summed E-state index contributed by atoms with van der Waals surface area (Å²) >= 11 is 1.63. The van der Waals surface area contributed by atoms with Gasteiger partial charge in [-0.2, -0.15) is 0 Å². The number of carbonyl (C=O) groups is 1. The minimum atomic E-state index is -3.77. The highest BCUT2D eigenvalue weighted by Gasteiger charge is 2.24. The van der Waals surface area contributed by atoms with Gasteiger partial charge in [-0.15, -0.1) is 11.8 Å². The van der Waals surface area contributed by atoms with Gasteiger partial charge in [-0.25, -0.2) is 8.42 Å². The van der Waals surface area contributed by atoms with E-state index in [4.69, 9.17) is 0 Å². The van der Waals surface area contributed by atoms with Crippen molar-refractivity contribution in [3.8, 4) is 0 Å². The number of aryl methyl sites for hydroxylation is 1. The van der Waals surface area contributed by atoms with Crippen molar-refractivity contribution in [1.82, 2.24) is 0 Å². The van der Waals surface area contributed by atoms with Crippen LogP contribution in [0.25, 0.3) is 0 Å². The van der Waals surface area contributed by atoms with Gasteiger partial charge in [-0.3, -0.25) is 9.52 Å². The van der Waals surface area contributed by atoms with E-state index >= 15 is 0 Å². The van der Waals surface area contributed by atoms with Crippen LogP contribution in [0.1, 0.15) is 26.3 Å². The topological polar surface area (TPSA) is 69.7 Å². The first-order chi connectivity index (χ1) is 13.8. The number of benzene rings is 2. The fourth-order valence-corrected chi connectivity index (χ4v) is 5.57. The molecule has 0 radical (unpaired) electrons. The van der Waals surface area contributed by atoms with E-state index in [9.17, 15) is 13.2 Å². The molecule has 0 saturated heterocycles. The molecular weight excluding hydrogens is 406 g/mol. The van der Waals surface area contributed by atoms with Gasteiger partial charge in [0, 0.05) is 42.9 Å². The molecule has 0 aliphatic carbocycles. The molecule has 1 N–H and O–H groups in total. The molecule has 2 aromatic carbocycles. The first kappa shape index (κ1) is 21.5. The molecule has 156 valence electrons. The van der Waals surface area contributed by atoms with Gasteiger partial charge in [0.25, 0.3) is 10.0 Å². The molecule has 1 aliphatic rings. The van der Waals surface area contributed by atoms with Crippen LogP contribution in [0.3, 0.4) is 0 Å². The molecule has 0 saturated carbocycles. The Morgan fingerprint density at radius 1 is 1.17 bits per heavy atom. The second-order valence-electron chi connectivity index (χ2n) is 6.93. The number of anilines is 3. The van der Waals surface area contributed by atoms with Crippen LogP contribution in [-0.2, 0) is 14.8 Å². The maximum atomic E-state index is 13.0. The van der Waals surface area contributed by atoms with Crippen molar-refractivity contribution < 1.29 is 13.2 Å². The van der Waals surface area contributed by atoms with E-state index in [-0.39, 0.29) is 10.8 Å². The lowest BCUT2D eigenvalue weighted by Gasteiger charge is -2.28. The first-order valence-electron chi connectivity index (χ1n) is 9.70. The lowest BCUT2D eigenvalue weighted by atomic mass is 10.1. The summed E-state index contributed by atoms with van der Waals surface area (Å²) in [4.78, 5) is 16.9. The van der Waals surface area contributed by atoms with Crippen LogP contribution < -0.4 is 14.5 Å². The Kier molecular flexibility index (Phi) is 6.43. The summed E-state index contributed by atoms with van der Waals surface area (Å²) in [5, 5.41) is 0. The molecule has 29 heavy (non-hydrogen) atoms. The molecule has 1 heterocycles. The van der Waals surface area contributed by atoms with Gasteiger partial charge in [-0.05, 0) is 62.7 Å². The molecule has 8 heteroatoms. The zero-order valence-electron chi connectivity index (χ0n) is 17.2. The highest BCUT2D eigenvalue weighted by atomic mass is 32.2. The summed E-state index contributed by atoms with van der Waals surface area (Å²) in [5.41, 5.74) is 3.14. The molecule has 0 bridgehead atoms. The molecule has 1 aliphatic heterocycles. The lowest BCUT2D eigenvalue weighted by Crippen LogP contribution is -2.33. The second-order valence-corrected chi connectivity index (χ2v) is 9.74. The highest BCUT2D eigenvalue weighted by molar-refractivity contribution is 7.99. The third kappa shape index (κ3) is 4.53. The van der Waals surface area contributed by atoms with E-state index in [0.717, 1.165) is 35.0 Å². The number of fused-ring (bicyclic) bond motifs is 1. The summed E-state index contributed by atoms with van der Waals surface area (Å²) in [6.45, 7) is 9.94. The predicted octanol–water partition coefficient (Wildman–Crippen LogP) is 4.10. The number of hydrogen-bond donors (Lipinski definition) is 1. The monoisotopic (exact) mass is 433 g/mol. The van der Waals surface area contributed by atoms with Gasteiger partial charge >= 0.3 is 0 Å². The fourth-order valence-electron chi connectivity index (χ4n) is 3.44. The summed E-state index contributed by atoms with van der Waals surface area (Å²) in [6, 6.07) is 10.7. The Balaban J connectivity index is 1.91. The number of nitrogens with zero attached hydrogens (tertiary/aromatic N) is 2. The number of sulfonamides is 1. The molecule has 1 amide bonds. The quantitative estimate of drug-likeness (QED) is 0.743. The van der Waals surface area contributed by atoms with E-state index in [1.165, 1.54) is 6.92 Å². The van der Waals surface area contributed by atoms with Crippen LogP contribution in [-0.4, -0.2) is 39.7 Å². The summed E-state index contributed by atoms with van der Waals surface area (Å²) in [7, 11) is -3.77. The van der Waals surface area contributed by atoms with Crippen LogP contribution in [0.15, 0.2) is 46.2 Å². The van der Waals surface area contributed by atoms with Crippen LogP contribution in [0.4, 0.5) is 17.1 Å². The van der Waals surface area contributed by atoms with E-state index in [1.807, 2.05) is 19.1 Å². The number of thioether (sulfide) groups is 1. The van der Waals surface area contributed by atoms with Gasteiger partial charge in [-0.1, -0.05) is 0 Å². The molecule has 3 rings (SSSR count). The molecule has 0 fully saturated rings. The summed E-state index contributed by atoms with van der Waals surface area (Å²) in [6.07, 6.45) is 0. The van der Waals surface area contributed by atoms with Crippen LogP contribution in [0, 0.1) is 6.92 Å². The average Bonchev–Trinajstić information content (AvgIpc) is 2.69. The van der Waals surface area contributed by atoms with E-state index in [1.54, 1.807) is 40.9 Å². The minimum absolute atomic E-state index is 0.0862. The van der Waals surface area contributed by atoms with E-state index in [0.29, 0.717) is 17.9 Å². The lowest BCUT2D eigenvalue weighted by molar-refractivity contribution is -0.116. The van der Waals surface area contributed by atoms with Crippen molar-refractivity contribution in [3.05, 3.63) is 42.0 Å².